The Kier molecular flexibility index (Phi) is 4.02. The van der Waals surface area contributed by atoms with E-state index in [2.05, 4.69) is 25.9 Å². The van der Waals surface area contributed by atoms with Gasteiger partial charge in [-0.05, 0) is 34.1 Å². The van der Waals surface area contributed by atoms with Crippen molar-refractivity contribution < 1.29 is 4.39 Å². The van der Waals surface area contributed by atoms with Gasteiger partial charge in [-0.15, -0.1) is 0 Å². The summed E-state index contributed by atoms with van der Waals surface area (Å²) in [5.74, 6) is 0.202. The third kappa shape index (κ3) is 2.94. The number of hydrogen-bond donors (Lipinski definition) is 1. The van der Waals surface area contributed by atoms with Crippen LogP contribution in [-0.4, -0.2) is 9.97 Å². The Balaban J connectivity index is 2.63. The van der Waals surface area contributed by atoms with Gasteiger partial charge in [-0.2, -0.15) is 0 Å². The fourth-order valence-corrected chi connectivity index (χ4v) is 2.62. The lowest BCUT2D eigenvalue weighted by molar-refractivity contribution is 0.564. The highest BCUT2D eigenvalue weighted by atomic mass is 79.9. The van der Waals surface area contributed by atoms with Crippen LogP contribution < -0.4 is 5.73 Å². The van der Waals surface area contributed by atoms with E-state index in [1.807, 2.05) is 20.8 Å². The topological polar surface area (TPSA) is 51.8 Å². The first-order chi connectivity index (χ1) is 9.20. The maximum Gasteiger partial charge on any atom is 0.161 e. The van der Waals surface area contributed by atoms with Gasteiger partial charge in [0, 0.05) is 11.0 Å². The third-order valence-electron chi connectivity index (χ3n) is 2.77. The zero-order chi connectivity index (χ0) is 15.1. The Morgan fingerprint density at radius 2 is 1.90 bits per heavy atom. The highest BCUT2D eigenvalue weighted by molar-refractivity contribution is 9.10. The van der Waals surface area contributed by atoms with Gasteiger partial charge in [-0.25, -0.2) is 14.4 Å². The molecule has 20 heavy (non-hydrogen) atoms. The van der Waals surface area contributed by atoms with E-state index in [0.29, 0.717) is 21.7 Å². The van der Waals surface area contributed by atoms with Crippen molar-refractivity contribution >= 4 is 33.3 Å². The van der Waals surface area contributed by atoms with E-state index in [-0.39, 0.29) is 10.4 Å². The van der Waals surface area contributed by atoms with Gasteiger partial charge in [0.15, 0.2) is 5.82 Å². The second kappa shape index (κ2) is 5.30. The minimum atomic E-state index is -0.508. The van der Waals surface area contributed by atoms with E-state index >= 15 is 0 Å². The average Bonchev–Trinajstić information content (AvgIpc) is 2.34. The summed E-state index contributed by atoms with van der Waals surface area (Å²) in [5.41, 5.74) is 7.00. The standard InChI is InChI=1S/C14H14BrClFN3/c1-14(2,3)11-10(15)12(18)20-13(19-11)7-4-5-8(16)9(17)6-7/h4-6H,1-3H3,(H2,18,19,20). The number of nitrogens with two attached hydrogens (primary N) is 1. The molecule has 1 heterocycles. The van der Waals surface area contributed by atoms with Crippen LogP contribution in [0.15, 0.2) is 22.7 Å². The van der Waals surface area contributed by atoms with Crippen molar-refractivity contribution in [3.8, 4) is 11.4 Å². The summed E-state index contributed by atoms with van der Waals surface area (Å²) >= 11 is 9.08. The van der Waals surface area contributed by atoms with Gasteiger partial charge in [0.2, 0.25) is 0 Å². The first-order valence-corrected chi connectivity index (χ1v) is 7.16. The van der Waals surface area contributed by atoms with E-state index in [1.165, 1.54) is 12.1 Å². The minimum absolute atomic E-state index is 0.0647. The van der Waals surface area contributed by atoms with Crippen molar-refractivity contribution in [2.45, 2.75) is 26.2 Å². The maximum atomic E-state index is 13.6. The van der Waals surface area contributed by atoms with Crippen LogP contribution in [0.25, 0.3) is 11.4 Å². The minimum Gasteiger partial charge on any atom is -0.383 e. The van der Waals surface area contributed by atoms with Crippen LogP contribution >= 0.6 is 27.5 Å². The molecule has 2 aromatic rings. The number of nitrogens with zero attached hydrogens (tertiary/aromatic N) is 2. The van der Waals surface area contributed by atoms with Gasteiger partial charge in [0.1, 0.15) is 11.6 Å². The van der Waals surface area contributed by atoms with Gasteiger partial charge >= 0.3 is 0 Å². The second-order valence-corrected chi connectivity index (χ2v) is 6.67. The SMILES string of the molecule is CC(C)(C)c1nc(-c2ccc(Cl)c(F)c2)nc(N)c1Br. The summed E-state index contributed by atoms with van der Waals surface area (Å²) < 4.78 is 14.2. The number of benzene rings is 1. The number of nitrogen functional groups attached to an aromatic ring is 1. The largest absolute Gasteiger partial charge is 0.383 e. The first kappa shape index (κ1) is 15.2. The molecule has 0 aliphatic rings. The first-order valence-electron chi connectivity index (χ1n) is 5.99. The molecule has 2 N–H and O–H groups in total. The Morgan fingerprint density at radius 3 is 2.45 bits per heavy atom. The lowest BCUT2D eigenvalue weighted by Gasteiger charge is -2.20. The van der Waals surface area contributed by atoms with Crippen molar-refractivity contribution in [1.82, 2.24) is 9.97 Å². The third-order valence-corrected chi connectivity index (χ3v) is 3.85. The van der Waals surface area contributed by atoms with Crippen molar-refractivity contribution in [1.29, 1.82) is 0 Å². The van der Waals surface area contributed by atoms with E-state index in [9.17, 15) is 4.39 Å². The van der Waals surface area contributed by atoms with Gasteiger partial charge in [-0.3, -0.25) is 0 Å². The van der Waals surface area contributed by atoms with Crippen LogP contribution in [0.5, 0.6) is 0 Å². The molecule has 3 nitrogen and oxygen atoms in total. The van der Waals surface area contributed by atoms with Gasteiger partial charge in [-0.1, -0.05) is 32.4 Å². The highest BCUT2D eigenvalue weighted by Gasteiger charge is 2.23. The molecule has 0 saturated carbocycles. The predicted octanol–water partition coefficient (Wildman–Crippen LogP) is 4.58. The van der Waals surface area contributed by atoms with E-state index in [0.717, 1.165) is 5.69 Å². The van der Waals surface area contributed by atoms with Gasteiger partial charge < -0.3 is 5.73 Å². The van der Waals surface area contributed by atoms with Crippen LogP contribution in [0.3, 0.4) is 0 Å². The number of rotatable bonds is 1. The van der Waals surface area contributed by atoms with Crippen molar-refractivity contribution in [2.24, 2.45) is 0 Å². The fraction of sp³-hybridized carbons (Fsp3) is 0.286. The van der Waals surface area contributed by atoms with Gasteiger partial charge in [0.05, 0.1) is 15.2 Å². The number of aromatic nitrogens is 2. The molecule has 0 unspecified atom stereocenters. The van der Waals surface area contributed by atoms with Crippen LogP contribution in [0.2, 0.25) is 5.02 Å². The number of anilines is 1. The summed E-state index contributed by atoms with van der Waals surface area (Å²) in [6, 6.07) is 4.45. The summed E-state index contributed by atoms with van der Waals surface area (Å²) in [5, 5.41) is 0.0647. The van der Waals surface area contributed by atoms with Crippen molar-refractivity contribution in [3.63, 3.8) is 0 Å². The normalized spacial score (nSPS) is 11.7. The van der Waals surface area contributed by atoms with Crippen LogP contribution in [0.1, 0.15) is 26.5 Å². The molecule has 0 amide bonds. The average molecular weight is 359 g/mol. The predicted molar refractivity (Wildman–Crippen MR) is 83.2 cm³/mol. The summed E-state index contributed by atoms with van der Waals surface area (Å²) in [6.07, 6.45) is 0. The molecule has 0 aliphatic carbocycles. The van der Waals surface area contributed by atoms with Crippen LogP contribution in [0.4, 0.5) is 10.2 Å². The molecule has 106 valence electrons. The molecule has 0 bridgehead atoms. The van der Waals surface area contributed by atoms with E-state index in [1.54, 1.807) is 6.07 Å². The Labute approximate surface area is 130 Å². The maximum absolute atomic E-state index is 13.6. The zero-order valence-corrected chi connectivity index (χ0v) is 13.7. The molecule has 1 aromatic heterocycles. The molecule has 0 radical (unpaired) electrons. The molecular weight excluding hydrogens is 345 g/mol. The number of hydrogen-bond acceptors (Lipinski definition) is 3. The van der Waals surface area contributed by atoms with Crippen LogP contribution in [-0.2, 0) is 5.41 Å². The summed E-state index contributed by atoms with van der Waals surface area (Å²) in [6.45, 7) is 6.06. The smallest absolute Gasteiger partial charge is 0.161 e. The highest BCUT2D eigenvalue weighted by Crippen LogP contribution is 2.33. The molecule has 2 rings (SSSR count). The summed E-state index contributed by atoms with van der Waals surface area (Å²) in [4.78, 5) is 8.70. The molecule has 6 heteroatoms. The molecule has 1 aromatic carbocycles. The zero-order valence-electron chi connectivity index (χ0n) is 11.3. The molecule has 0 fully saturated rings. The quantitative estimate of drug-likeness (QED) is 0.812. The molecule has 0 aliphatic heterocycles. The Bertz CT molecular complexity index is 668. The molecule has 0 atom stereocenters. The van der Waals surface area contributed by atoms with E-state index in [4.69, 9.17) is 17.3 Å². The lowest BCUT2D eigenvalue weighted by Crippen LogP contribution is -2.17. The Morgan fingerprint density at radius 1 is 1.25 bits per heavy atom. The van der Waals surface area contributed by atoms with Crippen LogP contribution in [0, 0.1) is 5.82 Å². The van der Waals surface area contributed by atoms with Crippen molar-refractivity contribution in [3.05, 3.63) is 39.2 Å². The van der Waals surface area contributed by atoms with Crippen molar-refractivity contribution in [2.75, 3.05) is 5.73 Å². The molecular formula is C14H14BrClFN3. The summed E-state index contributed by atoms with van der Waals surface area (Å²) in [7, 11) is 0. The molecule has 0 saturated heterocycles. The number of halogens is 3. The monoisotopic (exact) mass is 357 g/mol. The fourth-order valence-electron chi connectivity index (χ4n) is 1.73. The second-order valence-electron chi connectivity index (χ2n) is 5.47. The Hall–Kier alpha value is -1.20. The lowest BCUT2D eigenvalue weighted by atomic mass is 9.91. The van der Waals surface area contributed by atoms with E-state index < -0.39 is 5.82 Å². The molecule has 0 spiro atoms. The van der Waals surface area contributed by atoms with Gasteiger partial charge in [0.25, 0.3) is 0 Å².